The Morgan fingerprint density at radius 1 is 1.31 bits per heavy atom. The summed E-state index contributed by atoms with van der Waals surface area (Å²) >= 11 is 1.89. The number of thioether (sulfide) groups is 1. The van der Waals surface area contributed by atoms with Gasteiger partial charge < -0.3 is 4.74 Å². The van der Waals surface area contributed by atoms with Crippen LogP contribution in [-0.2, 0) is 4.74 Å². The highest BCUT2D eigenvalue weighted by Crippen LogP contribution is 2.34. The Labute approximate surface area is 101 Å². The molecule has 0 bridgehead atoms. The molecule has 1 saturated heterocycles. The van der Waals surface area contributed by atoms with Crippen molar-refractivity contribution in [1.82, 2.24) is 10.4 Å². The number of hydrazine groups is 1. The van der Waals surface area contributed by atoms with Crippen LogP contribution in [0.2, 0.25) is 0 Å². The van der Waals surface area contributed by atoms with Gasteiger partial charge in [0.25, 0.3) is 0 Å². The monoisotopic (exact) mass is 241 g/mol. The molecule has 2 unspecified atom stereocenters. The van der Waals surface area contributed by atoms with Gasteiger partial charge in [-0.2, -0.15) is 0 Å². The SMILES string of the molecule is C1CC2CSC(NN3CCOCC3)=NC2C1. The van der Waals surface area contributed by atoms with Crippen LogP contribution in [0.15, 0.2) is 4.99 Å². The number of rotatable bonds is 1. The van der Waals surface area contributed by atoms with Gasteiger partial charge in [-0.05, 0) is 18.8 Å². The van der Waals surface area contributed by atoms with Crippen LogP contribution >= 0.6 is 11.8 Å². The quantitative estimate of drug-likeness (QED) is 0.746. The summed E-state index contributed by atoms with van der Waals surface area (Å²) in [5.74, 6) is 2.10. The van der Waals surface area contributed by atoms with Crippen molar-refractivity contribution < 1.29 is 4.74 Å². The van der Waals surface area contributed by atoms with E-state index in [4.69, 9.17) is 9.73 Å². The van der Waals surface area contributed by atoms with Crippen molar-refractivity contribution in [2.75, 3.05) is 32.1 Å². The van der Waals surface area contributed by atoms with Crippen LogP contribution in [0, 0.1) is 5.92 Å². The Morgan fingerprint density at radius 2 is 2.19 bits per heavy atom. The molecule has 0 radical (unpaired) electrons. The molecule has 0 spiro atoms. The molecule has 0 aromatic carbocycles. The highest BCUT2D eigenvalue weighted by Gasteiger charge is 2.31. The number of hydrogen-bond acceptors (Lipinski definition) is 5. The average Bonchev–Trinajstić information content (AvgIpc) is 2.77. The van der Waals surface area contributed by atoms with Crippen LogP contribution in [0.25, 0.3) is 0 Å². The second kappa shape index (κ2) is 4.94. The standard InChI is InChI=1S/C11H19N3OS/c1-2-9-8-16-11(12-10(9)3-1)13-14-4-6-15-7-5-14/h9-10H,1-8H2,(H,12,13). The number of hydrogen-bond donors (Lipinski definition) is 1. The maximum Gasteiger partial charge on any atom is 0.171 e. The van der Waals surface area contributed by atoms with E-state index in [1.54, 1.807) is 0 Å². The summed E-state index contributed by atoms with van der Waals surface area (Å²) in [5.41, 5.74) is 3.44. The summed E-state index contributed by atoms with van der Waals surface area (Å²) in [7, 11) is 0. The van der Waals surface area contributed by atoms with E-state index >= 15 is 0 Å². The minimum atomic E-state index is 0.602. The fourth-order valence-corrected chi connectivity index (χ4v) is 3.79. The van der Waals surface area contributed by atoms with Crippen LogP contribution in [0.1, 0.15) is 19.3 Å². The van der Waals surface area contributed by atoms with E-state index in [1.807, 2.05) is 11.8 Å². The van der Waals surface area contributed by atoms with Crippen molar-refractivity contribution in [2.24, 2.45) is 10.9 Å². The van der Waals surface area contributed by atoms with Crippen LogP contribution in [0.4, 0.5) is 0 Å². The molecule has 2 fully saturated rings. The van der Waals surface area contributed by atoms with Gasteiger partial charge in [0.2, 0.25) is 0 Å². The first-order chi connectivity index (χ1) is 7.92. The Morgan fingerprint density at radius 3 is 3.06 bits per heavy atom. The minimum absolute atomic E-state index is 0.602. The smallest absolute Gasteiger partial charge is 0.171 e. The zero-order valence-corrected chi connectivity index (χ0v) is 10.3. The molecule has 0 aromatic rings. The second-order valence-corrected chi connectivity index (χ2v) is 5.72. The fraction of sp³-hybridized carbons (Fsp3) is 0.909. The van der Waals surface area contributed by atoms with Crippen molar-refractivity contribution in [3.8, 4) is 0 Å². The van der Waals surface area contributed by atoms with Crippen molar-refractivity contribution in [2.45, 2.75) is 25.3 Å². The zero-order chi connectivity index (χ0) is 10.8. The summed E-state index contributed by atoms with van der Waals surface area (Å²) < 4.78 is 5.33. The van der Waals surface area contributed by atoms with Gasteiger partial charge in [0.15, 0.2) is 5.17 Å². The number of amidine groups is 1. The fourth-order valence-electron chi connectivity index (χ4n) is 2.63. The first kappa shape index (κ1) is 10.9. The van der Waals surface area contributed by atoms with E-state index in [-0.39, 0.29) is 0 Å². The lowest BCUT2D eigenvalue weighted by molar-refractivity contribution is 0.0252. The normalized spacial score (nSPS) is 35.6. The van der Waals surface area contributed by atoms with Gasteiger partial charge in [-0.25, -0.2) is 5.01 Å². The van der Waals surface area contributed by atoms with E-state index in [2.05, 4.69) is 10.4 Å². The molecular formula is C11H19N3OS. The molecule has 2 heterocycles. The number of nitrogens with one attached hydrogen (secondary N) is 1. The van der Waals surface area contributed by atoms with Gasteiger partial charge in [0, 0.05) is 18.8 Å². The summed E-state index contributed by atoms with van der Waals surface area (Å²) in [4.78, 5) is 4.82. The Bertz CT molecular complexity index is 278. The predicted molar refractivity (Wildman–Crippen MR) is 66.5 cm³/mol. The first-order valence-electron chi connectivity index (χ1n) is 6.22. The number of nitrogens with zero attached hydrogens (tertiary/aromatic N) is 2. The minimum Gasteiger partial charge on any atom is -0.379 e. The van der Waals surface area contributed by atoms with E-state index < -0.39 is 0 Å². The molecule has 2 atom stereocenters. The molecule has 2 aliphatic heterocycles. The summed E-state index contributed by atoms with van der Waals surface area (Å²) in [6.45, 7) is 3.59. The van der Waals surface area contributed by atoms with E-state index in [0.29, 0.717) is 6.04 Å². The van der Waals surface area contributed by atoms with Crippen molar-refractivity contribution in [3.63, 3.8) is 0 Å². The van der Waals surface area contributed by atoms with E-state index in [1.165, 1.54) is 25.0 Å². The van der Waals surface area contributed by atoms with Crippen molar-refractivity contribution in [3.05, 3.63) is 0 Å². The summed E-state index contributed by atoms with van der Waals surface area (Å²) in [6.07, 6.45) is 4.04. The highest BCUT2D eigenvalue weighted by molar-refractivity contribution is 8.13. The van der Waals surface area contributed by atoms with E-state index in [9.17, 15) is 0 Å². The van der Waals surface area contributed by atoms with Crippen LogP contribution in [0.5, 0.6) is 0 Å². The molecule has 1 saturated carbocycles. The molecule has 0 amide bonds. The number of fused-ring (bicyclic) bond motifs is 1. The zero-order valence-electron chi connectivity index (χ0n) is 9.52. The maximum absolute atomic E-state index is 5.33. The number of aliphatic imine (C=N–C) groups is 1. The van der Waals surface area contributed by atoms with Gasteiger partial charge in [-0.3, -0.25) is 10.4 Å². The largest absolute Gasteiger partial charge is 0.379 e. The Balaban J connectivity index is 1.57. The van der Waals surface area contributed by atoms with Gasteiger partial charge in [-0.15, -0.1) is 0 Å². The molecule has 1 aliphatic carbocycles. The van der Waals surface area contributed by atoms with E-state index in [0.717, 1.165) is 37.4 Å². The Hall–Kier alpha value is -0.260. The lowest BCUT2D eigenvalue weighted by atomic mass is 10.1. The van der Waals surface area contributed by atoms with Crippen molar-refractivity contribution >= 4 is 16.9 Å². The molecule has 16 heavy (non-hydrogen) atoms. The lowest BCUT2D eigenvalue weighted by Crippen LogP contribution is -2.48. The molecule has 1 N–H and O–H groups in total. The third-order valence-electron chi connectivity index (χ3n) is 3.60. The third kappa shape index (κ3) is 2.36. The van der Waals surface area contributed by atoms with Crippen LogP contribution in [0.3, 0.4) is 0 Å². The lowest BCUT2D eigenvalue weighted by Gasteiger charge is -2.31. The van der Waals surface area contributed by atoms with Gasteiger partial charge >= 0.3 is 0 Å². The number of morpholine rings is 1. The molecule has 5 heteroatoms. The molecule has 90 valence electrons. The maximum atomic E-state index is 5.33. The molecule has 3 aliphatic rings. The first-order valence-corrected chi connectivity index (χ1v) is 7.20. The Kier molecular flexibility index (Phi) is 3.35. The van der Waals surface area contributed by atoms with Crippen LogP contribution in [-0.4, -0.2) is 48.3 Å². The molecule has 0 aromatic heterocycles. The molecule has 4 nitrogen and oxygen atoms in total. The topological polar surface area (TPSA) is 36.9 Å². The predicted octanol–water partition coefficient (Wildman–Crippen LogP) is 1.09. The number of ether oxygens (including phenoxy) is 1. The molecule has 3 rings (SSSR count). The van der Waals surface area contributed by atoms with Gasteiger partial charge in [0.1, 0.15) is 0 Å². The van der Waals surface area contributed by atoms with Gasteiger partial charge in [-0.1, -0.05) is 18.2 Å². The highest BCUT2D eigenvalue weighted by atomic mass is 32.2. The third-order valence-corrected chi connectivity index (χ3v) is 4.67. The molecular weight excluding hydrogens is 222 g/mol. The second-order valence-electron chi connectivity index (χ2n) is 4.71. The summed E-state index contributed by atoms with van der Waals surface area (Å²) in [6, 6.07) is 0.602. The van der Waals surface area contributed by atoms with Crippen molar-refractivity contribution in [1.29, 1.82) is 0 Å². The summed E-state index contributed by atoms with van der Waals surface area (Å²) in [5, 5.41) is 3.36. The van der Waals surface area contributed by atoms with Crippen LogP contribution < -0.4 is 5.43 Å². The average molecular weight is 241 g/mol. The van der Waals surface area contributed by atoms with Gasteiger partial charge in [0.05, 0.1) is 19.3 Å².